The molecule has 3 saturated carbocycles. The number of benzene rings is 2. The Bertz CT molecular complexity index is 1200. The molecule has 3 fully saturated rings. The lowest BCUT2D eigenvalue weighted by Gasteiger charge is -2.71. The Labute approximate surface area is 181 Å². The van der Waals surface area contributed by atoms with Gasteiger partial charge >= 0.3 is 0 Å². The standard InChI is InChI=1S/C25H26N6/c26-21-13-20(22-23(28-21)30-31-29-22)19(17-7-3-1-4-8-17)11-12-27-25-14-24(15-25,16-25)18-9-5-2-6-10-18/h1-10,13,19,27H,11-12,14-16H2,(H3,26,28,29,30,31). The van der Waals surface area contributed by atoms with Gasteiger partial charge in [-0.3, -0.25) is 0 Å². The van der Waals surface area contributed by atoms with E-state index in [2.05, 4.69) is 86.4 Å². The molecule has 0 aliphatic heterocycles. The van der Waals surface area contributed by atoms with E-state index in [4.69, 9.17) is 5.73 Å². The van der Waals surface area contributed by atoms with Crippen LogP contribution in [0.4, 0.5) is 5.82 Å². The Morgan fingerprint density at radius 2 is 1.71 bits per heavy atom. The van der Waals surface area contributed by atoms with Crippen LogP contribution >= 0.6 is 0 Å². The number of hydrogen-bond acceptors (Lipinski definition) is 5. The predicted octanol–water partition coefficient (Wildman–Crippen LogP) is 3.92. The number of nitrogens with one attached hydrogen (secondary N) is 2. The summed E-state index contributed by atoms with van der Waals surface area (Å²) in [5, 5.41) is 15.0. The van der Waals surface area contributed by atoms with Crippen LogP contribution in [0.2, 0.25) is 0 Å². The molecule has 2 aromatic heterocycles. The molecule has 4 aromatic rings. The molecule has 156 valence electrons. The maximum absolute atomic E-state index is 6.10. The number of H-pyrrole nitrogens is 1. The van der Waals surface area contributed by atoms with Crippen molar-refractivity contribution < 1.29 is 0 Å². The van der Waals surface area contributed by atoms with Crippen molar-refractivity contribution in [2.24, 2.45) is 0 Å². The molecular formula is C25H26N6. The molecular weight excluding hydrogens is 384 g/mol. The van der Waals surface area contributed by atoms with Crippen LogP contribution < -0.4 is 11.1 Å². The molecule has 3 aliphatic carbocycles. The van der Waals surface area contributed by atoms with Crippen LogP contribution in [-0.4, -0.2) is 32.5 Å². The maximum Gasteiger partial charge on any atom is 0.178 e. The van der Waals surface area contributed by atoms with Crippen LogP contribution in [0.25, 0.3) is 11.2 Å². The van der Waals surface area contributed by atoms with Gasteiger partial charge in [-0.25, -0.2) is 10.1 Å². The molecule has 0 radical (unpaired) electrons. The highest BCUT2D eigenvalue weighted by molar-refractivity contribution is 5.77. The third-order valence-corrected chi connectivity index (χ3v) is 7.27. The van der Waals surface area contributed by atoms with Gasteiger partial charge in [-0.1, -0.05) is 65.9 Å². The lowest BCUT2D eigenvalue weighted by atomic mass is 9.37. The third-order valence-electron chi connectivity index (χ3n) is 7.27. The largest absolute Gasteiger partial charge is 0.384 e. The van der Waals surface area contributed by atoms with E-state index >= 15 is 0 Å². The van der Waals surface area contributed by atoms with Crippen molar-refractivity contribution in [3.8, 4) is 0 Å². The van der Waals surface area contributed by atoms with Gasteiger partial charge in [0.2, 0.25) is 0 Å². The number of pyridine rings is 1. The summed E-state index contributed by atoms with van der Waals surface area (Å²) in [6, 6.07) is 23.5. The van der Waals surface area contributed by atoms with Gasteiger partial charge in [0.15, 0.2) is 5.65 Å². The first-order valence-electron chi connectivity index (χ1n) is 11.0. The Kier molecular flexibility index (Phi) is 4.11. The quantitative estimate of drug-likeness (QED) is 0.429. The van der Waals surface area contributed by atoms with Crippen molar-refractivity contribution in [2.75, 3.05) is 12.3 Å². The molecule has 0 saturated heterocycles. The lowest BCUT2D eigenvalue weighted by molar-refractivity contribution is -0.0880. The van der Waals surface area contributed by atoms with Gasteiger partial charge in [-0.05, 0) is 55.0 Å². The summed E-state index contributed by atoms with van der Waals surface area (Å²) in [4.78, 5) is 4.34. The number of nitrogen functional groups attached to an aromatic ring is 1. The van der Waals surface area contributed by atoms with Gasteiger partial charge in [0.1, 0.15) is 11.3 Å². The molecule has 3 aliphatic rings. The molecule has 7 rings (SSSR count). The van der Waals surface area contributed by atoms with E-state index in [-0.39, 0.29) is 5.92 Å². The molecule has 1 unspecified atom stereocenters. The van der Waals surface area contributed by atoms with E-state index in [1.165, 1.54) is 30.4 Å². The second-order valence-electron chi connectivity index (χ2n) is 9.28. The van der Waals surface area contributed by atoms with E-state index in [0.717, 1.165) is 24.0 Å². The summed E-state index contributed by atoms with van der Waals surface area (Å²) in [6.07, 6.45) is 4.71. The minimum atomic E-state index is 0.182. The van der Waals surface area contributed by atoms with Gasteiger partial charge in [0.05, 0.1) is 0 Å². The van der Waals surface area contributed by atoms with Crippen molar-refractivity contribution in [1.82, 2.24) is 25.7 Å². The summed E-state index contributed by atoms with van der Waals surface area (Å²) < 4.78 is 0. The second-order valence-corrected chi connectivity index (χ2v) is 9.28. The van der Waals surface area contributed by atoms with Crippen LogP contribution in [0.5, 0.6) is 0 Å². The average molecular weight is 411 g/mol. The normalized spacial score (nSPS) is 25.0. The highest BCUT2D eigenvalue weighted by Gasteiger charge is 2.67. The Morgan fingerprint density at radius 3 is 2.45 bits per heavy atom. The van der Waals surface area contributed by atoms with Crippen LogP contribution in [0, 0.1) is 0 Å². The number of nitrogens with two attached hydrogens (primary N) is 1. The molecule has 4 N–H and O–H groups in total. The summed E-state index contributed by atoms with van der Waals surface area (Å²) in [5.74, 6) is 0.675. The number of nitrogens with zero attached hydrogens (tertiary/aromatic N) is 3. The fourth-order valence-electron chi connectivity index (χ4n) is 5.89. The van der Waals surface area contributed by atoms with Crippen LogP contribution in [0.1, 0.15) is 48.3 Å². The Hall–Kier alpha value is -3.25. The molecule has 2 aromatic carbocycles. The summed E-state index contributed by atoms with van der Waals surface area (Å²) >= 11 is 0. The molecule has 6 heteroatoms. The zero-order valence-electron chi connectivity index (χ0n) is 17.4. The van der Waals surface area contributed by atoms with Gasteiger partial charge in [0, 0.05) is 16.9 Å². The highest BCUT2D eigenvalue weighted by atomic mass is 15.3. The van der Waals surface area contributed by atoms with Gasteiger partial charge in [-0.2, -0.15) is 0 Å². The van der Waals surface area contributed by atoms with Crippen LogP contribution in [0.15, 0.2) is 66.7 Å². The van der Waals surface area contributed by atoms with Gasteiger partial charge in [-0.15, -0.1) is 5.10 Å². The van der Waals surface area contributed by atoms with Crippen molar-refractivity contribution in [2.45, 2.75) is 42.6 Å². The molecule has 0 spiro atoms. The molecule has 1 atom stereocenters. The number of fused-ring (bicyclic) bond motifs is 1. The maximum atomic E-state index is 6.10. The number of hydrogen-bond donors (Lipinski definition) is 3. The van der Waals surface area contributed by atoms with Crippen molar-refractivity contribution in [1.29, 1.82) is 0 Å². The molecule has 2 bridgehead atoms. The number of anilines is 1. The van der Waals surface area contributed by atoms with E-state index in [0.29, 0.717) is 22.4 Å². The SMILES string of the molecule is Nc1cc(C(CCNC23CC(c4ccccc4)(C2)C3)c2ccccc2)c2nn[nH]c2n1. The van der Waals surface area contributed by atoms with E-state index in [1.807, 2.05) is 6.07 Å². The average Bonchev–Trinajstić information content (AvgIpc) is 3.21. The topological polar surface area (TPSA) is 92.5 Å². The minimum absolute atomic E-state index is 0.182. The molecule has 0 amide bonds. The number of aromatic amines is 1. The van der Waals surface area contributed by atoms with Crippen molar-refractivity contribution in [3.63, 3.8) is 0 Å². The fourth-order valence-corrected chi connectivity index (χ4v) is 5.89. The second kappa shape index (κ2) is 6.89. The van der Waals surface area contributed by atoms with Crippen LogP contribution in [-0.2, 0) is 5.41 Å². The minimum Gasteiger partial charge on any atom is -0.384 e. The van der Waals surface area contributed by atoms with E-state index in [1.54, 1.807) is 0 Å². The smallest absolute Gasteiger partial charge is 0.178 e. The molecule has 31 heavy (non-hydrogen) atoms. The Morgan fingerprint density at radius 1 is 1.00 bits per heavy atom. The fraction of sp³-hybridized carbons (Fsp3) is 0.320. The molecule has 6 nitrogen and oxygen atoms in total. The van der Waals surface area contributed by atoms with Crippen molar-refractivity contribution >= 4 is 17.0 Å². The first-order valence-corrected chi connectivity index (χ1v) is 11.0. The zero-order chi connectivity index (χ0) is 20.9. The van der Waals surface area contributed by atoms with E-state index in [9.17, 15) is 0 Å². The third kappa shape index (κ3) is 3.01. The lowest BCUT2D eigenvalue weighted by Crippen LogP contribution is -2.76. The summed E-state index contributed by atoms with van der Waals surface area (Å²) in [7, 11) is 0. The highest BCUT2D eigenvalue weighted by Crippen LogP contribution is 2.67. The van der Waals surface area contributed by atoms with Crippen LogP contribution in [0.3, 0.4) is 0 Å². The Balaban J connectivity index is 1.20. The summed E-state index contributed by atoms with van der Waals surface area (Å²) in [5.41, 5.74) is 12.1. The van der Waals surface area contributed by atoms with Crippen molar-refractivity contribution in [3.05, 3.63) is 83.4 Å². The summed E-state index contributed by atoms with van der Waals surface area (Å²) in [6.45, 7) is 0.950. The van der Waals surface area contributed by atoms with Gasteiger partial charge in [0.25, 0.3) is 0 Å². The predicted molar refractivity (Wildman–Crippen MR) is 122 cm³/mol. The number of rotatable bonds is 7. The number of aromatic nitrogens is 4. The monoisotopic (exact) mass is 410 g/mol. The molecule has 2 heterocycles. The zero-order valence-corrected chi connectivity index (χ0v) is 17.4. The first kappa shape index (κ1) is 18.5. The van der Waals surface area contributed by atoms with Gasteiger partial charge < -0.3 is 11.1 Å². The van der Waals surface area contributed by atoms with E-state index < -0.39 is 0 Å². The first-order chi connectivity index (χ1) is 15.2.